The first-order chi connectivity index (χ1) is 14.0. The summed E-state index contributed by atoms with van der Waals surface area (Å²) in [6, 6.07) is 10.4. The number of sulfonamides is 1. The van der Waals surface area contributed by atoms with Crippen molar-refractivity contribution in [3.05, 3.63) is 59.1 Å². The van der Waals surface area contributed by atoms with Gasteiger partial charge in [0.05, 0.1) is 16.5 Å². The molecule has 0 spiro atoms. The van der Waals surface area contributed by atoms with Gasteiger partial charge >= 0.3 is 6.18 Å². The summed E-state index contributed by atoms with van der Waals surface area (Å²) in [7, 11) is -4.06. The number of carbonyl (C=O) groups excluding carboxylic acids is 1. The smallest absolute Gasteiger partial charge is 0.326 e. The van der Waals surface area contributed by atoms with Gasteiger partial charge in [-0.2, -0.15) is 13.2 Å². The van der Waals surface area contributed by atoms with E-state index in [4.69, 9.17) is 11.6 Å². The minimum absolute atomic E-state index is 0.150. The third-order valence-corrected chi connectivity index (χ3v) is 6.46. The standard InChI is InChI=1S/C18H18ClF3N4O3S/c1-10-15(16(27)23-12-7-8-14(19)13(9-12)18(20,21)22)17(25-24-10)30(28,29)26-11-5-3-2-4-6-11/h2-10,15,17,24-26H,1H3,(H,23,27). The lowest BCUT2D eigenvalue weighted by Gasteiger charge is -2.21. The summed E-state index contributed by atoms with van der Waals surface area (Å²) in [6.07, 6.45) is -4.70. The Morgan fingerprint density at radius 2 is 1.73 bits per heavy atom. The maximum atomic E-state index is 13.0. The molecule has 1 amide bonds. The second kappa shape index (κ2) is 8.42. The molecule has 30 heavy (non-hydrogen) atoms. The molecular formula is C18H18ClF3N4O3S. The summed E-state index contributed by atoms with van der Waals surface area (Å²) in [4.78, 5) is 12.8. The zero-order valence-corrected chi connectivity index (χ0v) is 17.1. The van der Waals surface area contributed by atoms with Gasteiger partial charge in [-0.05, 0) is 37.3 Å². The fraction of sp³-hybridized carbons (Fsp3) is 0.278. The van der Waals surface area contributed by atoms with Crippen molar-refractivity contribution in [3.63, 3.8) is 0 Å². The van der Waals surface area contributed by atoms with Crippen LogP contribution in [0, 0.1) is 5.92 Å². The fourth-order valence-electron chi connectivity index (χ4n) is 3.07. The number of nitrogens with one attached hydrogen (secondary N) is 4. The number of carbonyl (C=O) groups is 1. The van der Waals surface area contributed by atoms with Gasteiger partial charge in [0.15, 0.2) is 5.37 Å². The van der Waals surface area contributed by atoms with Crippen LogP contribution in [-0.4, -0.2) is 25.7 Å². The maximum absolute atomic E-state index is 13.0. The van der Waals surface area contributed by atoms with E-state index in [0.29, 0.717) is 11.8 Å². The molecular weight excluding hydrogens is 445 g/mol. The largest absolute Gasteiger partial charge is 0.417 e. The Hall–Kier alpha value is -2.34. The average molecular weight is 463 g/mol. The van der Waals surface area contributed by atoms with Gasteiger partial charge in [0.25, 0.3) is 10.0 Å². The van der Waals surface area contributed by atoms with Gasteiger partial charge in [-0.25, -0.2) is 13.8 Å². The van der Waals surface area contributed by atoms with Crippen LogP contribution >= 0.6 is 11.6 Å². The van der Waals surface area contributed by atoms with E-state index in [9.17, 15) is 26.4 Å². The Labute approximate surface area is 176 Å². The van der Waals surface area contributed by atoms with E-state index in [0.717, 1.165) is 6.07 Å². The van der Waals surface area contributed by atoms with E-state index < -0.39 is 50.0 Å². The van der Waals surface area contributed by atoms with Crippen LogP contribution in [0.4, 0.5) is 24.5 Å². The van der Waals surface area contributed by atoms with E-state index in [-0.39, 0.29) is 5.69 Å². The van der Waals surface area contributed by atoms with Crippen LogP contribution in [0.1, 0.15) is 12.5 Å². The fourth-order valence-corrected chi connectivity index (χ4v) is 4.86. The van der Waals surface area contributed by atoms with Crippen LogP contribution in [0.15, 0.2) is 48.5 Å². The molecule has 1 heterocycles. The van der Waals surface area contributed by atoms with Crippen LogP contribution in [0.25, 0.3) is 0 Å². The van der Waals surface area contributed by atoms with Gasteiger partial charge in [0, 0.05) is 17.4 Å². The SMILES string of the molecule is CC1NNC(S(=O)(=O)Nc2ccccc2)C1C(=O)Nc1ccc(Cl)c(C(F)(F)F)c1. The van der Waals surface area contributed by atoms with Gasteiger partial charge < -0.3 is 5.32 Å². The highest BCUT2D eigenvalue weighted by Gasteiger charge is 2.46. The van der Waals surface area contributed by atoms with Gasteiger partial charge in [0.1, 0.15) is 0 Å². The Morgan fingerprint density at radius 3 is 2.37 bits per heavy atom. The number of alkyl halides is 3. The molecule has 2 aromatic carbocycles. The molecule has 0 aromatic heterocycles. The number of hydrazine groups is 1. The molecule has 0 saturated carbocycles. The second-order valence-electron chi connectivity index (χ2n) is 6.72. The summed E-state index contributed by atoms with van der Waals surface area (Å²) in [6.45, 7) is 1.58. The number of halogens is 4. The first-order valence-corrected chi connectivity index (χ1v) is 10.7. The zero-order chi connectivity index (χ0) is 22.1. The lowest BCUT2D eigenvalue weighted by atomic mass is 10.0. The number of amides is 1. The van der Waals surface area contributed by atoms with Crippen molar-refractivity contribution in [2.24, 2.45) is 5.92 Å². The second-order valence-corrected chi connectivity index (χ2v) is 8.93. The molecule has 0 radical (unpaired) electrons. The van der Waals surface area contributed by atoms with Crippen LogP contribution in [0.2, 0.25) is 5.02 Å². The van der Waals surface area contributed by atoms with Crippen molar-refractivity contribution in [1.82, 2.24) is 10.9 Å². The third-order valence-electron chi connectivity index (χ3n) is 4.53. The summed E-state index contributed by atoms with van der Waals surface area (Å²) < 4.78 is 67.1. The number of hydrogen-bond donors (Lipinski definition) is 4. The first-order valence-electron chi connectivity index (χ1n) is 8.74. The van der Waals surface area contributed by atoms with Crippen LogP contribution < -0.4 is 20.9 Å². The predicted octanol–water partition coefficient (Wildman–Crippen LogP) is 3.18. The molecule has 7 nitrogen and oxygen atoms in total. The van der Waals surface area contributed by atoms with Crippen molar-refractivity contribution >= 4 is 38.9 Å². The molecule has 1 aliphatic rings. The lowest BCUT2D eigenvalue weighted by molar-refractivity contribution is -0.137. The molecule has 4 N–H and O–H groups in total. The highest BCUT2D eigenvalue weighted by molar-refractivity contribution is 7.93. The molecule has 1 aliphatic heterocycles. The molecule has 0 bridgehead atoms. The summed E-state index contributed by atoms with van der Waals surface area (Å²) in [5.74, 6) is -1.89. The van der Waals surface area contributed by atoms with Gasteiger partial charge in [0.2, 0.25) is 5.91 Å². The van der Waals surface area contributed by atoms with Crippen molar-refractivity contribution < 1.29 is 26.4 Å². The Bertz CT molecular complexity index is 1030. The monoisotopic (exact) mass is 462 g/mol. The van der Waals surface area contributed by atoms with Gasteiger partial charge in [-0.3, -0.25) is 14.9 Å². The highest BCUT2D eigenvalue weighted by atomic mass is 35.5. The van der Waals surface area contributed by atoms with Crippen LogP contribution in [0.3, 0.4) is 0 Å². The minimum atomic E-state index is -4.70. The molecule has 2 aromatic rings. The molecule has 0 aliphatic carbocycles. The molecule has 3 atom stereocenters. The number of hydrogen-bond acceptors (Lipinski definition) is 5. The first kappa shape index (κ1) is 22.3. The average Bonchev–Trinajstić information content (AvgIpc) is 3.05. The number of para-hydroxylation sites is 1. The van der Waals surface area contributed by atoms with E-state index in [1.54, 1.807) is 37.3 Å². The molecule has 162 valence electrons. The molecule has 3 rings (SSSR count). The van der Waals surface area contributed by atoms with Gasteiger partial charge in [-0.1, -0.05) is 29.8 Å². The zero-order valence-electron chi connectivity index (χ0n) is 15.5. The van der Waals surface area contributed by atoms with E-state index in [1.165, 1.54) is 6.07 Å². The normalized spacial score (nSPS) is 22.0. The van der Waals surface area contributed by atoms with Crippen LogP contribution in [0.5, 0.6) is 0 Å². The Balaban J connectivity index is 1.82. The molecule has 3 unspecified atom stereocenters. The highest BCUT2D eigenvalue weighted by Crippen LogP contribution is 2.36. The summed E-state index contributed by atoms with van der Waals surface area (Å²) in [5, 5.41) is 0.482. The molecule has 1 saturated heterocycles. The van der Waals surface area contributed by atoms with Crippen molar-refractivity contribution in [3.8, 4) is 0 Å². The van der Waals surface area contributed by atoms with E-state index in [1.807, 2.05) is 0 Å². The minimum Gasteiger partial charge on any atom is -0.326 e. The van der Waals surface area contributed by atoms with Crippen molar-refractivity contribution in [1.29, 1.82) is 0 Å². The topological polar surface area (TPSA) is 99.3 Å². The number of benzene rings is 2. The summed E-state index contributed by atoms with van der Waals surface area (Å²) in [5.41, 5.74) is 4.31. The Morgan fingerprint density at radius 1 is 1.07 bits per heavy atom. The number of rotatable bonds is 5. The Kier molecular flexibility index (Phi) is 6.27. The van der Waals surface area contributed by atoms with Crippen molar-refractivity contribution in [2.75, 3.05) is 10.0 Å². The van der Waals surface area contributed by atoms with Crippen LogP contribution in [-0.2, 0) is 21.0 Å². The van der Waals surface area contributed by atoms with E-state index in [2.05, 4.69) is 20.9 Å². The van der Waals surface area contributed by atoms with Crippen molar-refractivity contribution in [2.45, 2.75) is 24.5 Å². The van der Waals surface area contributed by atoms with Gasteiger partial charge in [-0.15, -0.1) is 0 Å². The molecule has 1 fully saturated rings. The van der Waals surface area contributed by atoms with E-state index >= 15 is 0 Å². The quantitative estimate of drug-likeness (QED) is 0.547. The maximum Gasteiger partial charge on any atom is 0.417 e. The number of anilines is 2. The molecule has 12 heteroatoms. The lowest BCUT2D eigenvalue weighted by Crippen LogP contribution is -2.45. The summed E-state index contributed by atoms with van der Waals surface area (Å²) >= 11 is 5.59. The third kappa shape index (κ3) is 4.86. The predicted molar refractivity (Wildman–Crippen MR) is 107 cm³/mol.